The van der Waals surface area contributed by atoms with Crippen molar-refractivity contribution in [1.82, 2.24) is 4.90 Å². The zero-order valence-corrected chi connectivity index (χ0v) is 13.1. The van der Waals surface area contributed by atoms with Gasteiger partial charge in [-0.2, -0.15) is 0 Å². The maximum Gasteiger partial charge on any atom is 0.223 e. The Labute approximate surface area is 127 Å². The third-order valence-electron chi connectivity index (χ3n) is 4.29. The highest BCUT2D eigenvalue weighted by atomic mass is 79.9. The van der Waals surface area contributed by atoms with Crippen molar-refractivity contribution in [3.05, 3.63) is 28.2 Å². The van der Waals surface area contributed by atoms with Crippen LogP contribution < -0.4 is 4.90 Å². The van der Waals surface area contributed by atoms with Gasteiger partial charge in [0, 0.05) is 36.6 Å². The molecule has 2 saturated heterocycles. The first kappa shape index (κ1) is 13.9. The van der Waals surface area contributed by atoms with E-state index >= 15 is 0 Å². The van der Waals surface area contributed by atoms with Crippen molar-refractivity contribution < 1.29 is 9.90 Å². The Morgan fingerprint density at radius 2 is 2.20 bits per heavy atom. The van der Waals surface area contributed by atoms with E-state index in [0.29, 0.717) is 18.4 Å². The molecule has 0 aromatic heterocycles. The number of amides is 1. The number of nitrogens with zero attached hydrogens (tertiary/aromatic N) is 2. The molecule has 2 heterocycles. The molecule has 0 bridgehead atoms. The third-order valence-corrected chi connectivity index (χ3v) is 4.92. The molecule has 1 aromatic carbocycles. The molecule has 0 radical (unpaired) electrons. The van der Waals surface area contributed by atoms with Gasteiger partial charge in [0.05, 0.1) is 11.8 Å². The van der Waals surface area contributed by atoms with E-state index < -0.39 is 6.10 Å². The van der Waals surface area contributed by atoms with Gasteiger partial charge in [0.25, 0.3) is 0 Å². The number of aliphatic hydroxyl groups is 1. The topological polar surface area (TPSA) is 43.8 Å². The van der Waals surface area contributed by atoms with Crippen LogP contribution in [0.25, 0.3) is 0 Å². The SMILES string of the molecule is CC(O)c1ccc(N2CCN3C(=O)CCC3C2)c(Br)c1. The largest absolute Gasteiger partial charge is 0.389 e. The van der Waals surface area contributed by atoms with E-state index in [1.54, 1.807) is 6.92 Å². The van der Waals surface area contributed by atoms with Crippen LogP contribution in [0.2, 0.25) is 0 Å². The van der Waals surface area contributed by atoms with Crippen LogP contribution in [0.4, 0.5) is 5.69 Å². The Kier molecular flexibility index (Phi) is 3.73. The summed E-state index contributed by atoms with van der Waals surface area (Å²) in [6.45, 7) is 4.35. The second-order valence-electron chi connectivity index (χ2n) is 5.61. The van der Waals surface area contributed by atoms with Crippen LogP contribution in [0, 0.1) is 0 Å². The summed E-state index contributed by atoms with van der Waals surface area (Å²) >= 11 is 3.60. The second-order valence-corrected chi connectivity index (χ2v) is 6.47. The molecule has 3 rings (SSSR count). The lowest BCUT2D eigenvalue weighted by molar-refractivity contribution is -0.129. The van der Waals surface area contributed by atoms with Crippen LogP contribution in [-0.2, 0) is 4.79 Å². The number of rotatable bonds is 2. The first-order valence-corrected chi connectivity index (χ1v) is 7.87. The Morgan fingerprint density at radius 1 is 1.40 bits per heavy atom. The zero-order chi connectivity index (χ0) is 14.3. The summed E-state index contributed by atoms with van der Waals surface area (Å²) in [4.78, 5) is 16.1. The summed E-state index contributed by atoms with van der Waals surface area (Å²) in [6, 6.07) is 6.36. The molecule has 2 fully saturated rings. The monoisotopic (exact) mass is 338 g/mol. The van der Waals surface area contributed by atoms with E-state index in [0.717, 1.165) is 41.8 Å². The van der Waals surface area contributed by atoms with E-state index in [1.165, 1.54) is 0 Å². The summed E-state index contributed by atoms with van der Waals surface area (Å²) < 4.78 is 1.01. The lowest BCUT2D eigenvalue weighted by Gasteiger charge is -2.39. The highest BCUT2D eigenvalue weighted by molar-refractivity contribution is 9.10. The van der Waals surface area contributed by atoms with Gasteiger partial charge in [-0.25, -0.2) is 0 Å². The van der Waals surface area contributed by atoms with Crippen molar-refractivity contribution in [1.29, 1.82) is 0 Å². The molecule has 2 aliphatic rings. The number of fused-ring (bicyclic) bond motifs is 1. The number of carbonyl (C=O) groups is 1. The van der Waals surface area contributed by atoms with Crippen LogP contribution >= 0.6 is 15.9 Å². The Hall–Kier alpha value is -1.07. The average molecular weight is 339 g/mol. The van der Waals surface area contributed by atoms with Gasteiger partial charge in [-0.3, -0.25) is 4.79 Å². The number of piperazine rings is 1. The second kappa shape index (κ2) is 5.37. The van der Waals surface area contributed by atoms with Crippen LogP contribution in [-0.4, -0.2) is 41.6 Å². The number of carbonyl (C=O) groups excluding carboxylic acids is 1. The molecular weight excluding hydrogens is 320 g/mol. The van der Waals surface area contributed by atoms with Crippen molar-refractivity contribution in [2.24, 2.45) is 0 Å². The van der Waals surface area contributed by atoms with Crippen LogP contribution in [0.1, 0.15) is 31.4 Å². The molecule has 1 amide bonds. The lowest BCUT2D eigenvalue weighted by Crippen LogP contribution is -2.51. The number of halogens is 1. The standard InChI is InChI=1S/C15H19BrN2O2/c1-10(19)11-2-4-14(13(16)8-11)17-6-7-18-12(9-17)3-5-15(18)20/h2,4,8,10,12,19H,3,5-7,9H2,1H3. The minimum absolute atomic E-state index is 0.304. The number of hydrogen-bond donors (Lipinski definition) is 1. The predicted octanol–water partition coefficient (Wildman–Crippen LogP) is 2.31. The van der Waals surface area contributed by atoms with Crippen molar-refractivity contribution in [2.75, 3.05) is 24.5 Å². The number of aliphatic hydroxyl groups excluding tert-OH is 1. The quantitative estimate of drug-likeness (QED) is 0.899. The van der Waals surface area contributed by atoms with Gasteiger partial charge in [-0.1, -0.05) is 6.07 Å². The highest BCUT2D eigenvalue weighted by Gasteiger charge is 2.35. The van der Waals surface area contributed by atoms with Crippen LogP contribution in [0.15, 0.2) is 22.7 Å². The van der Waals surface area contributed by atoms with Gasteiger partial charge in [-0.15, -0.1) is 0 Å². The smallest absolute Gasteiger partial charge is 0.223 e. The maximum atomic E-state index is 11.7. The number of anilines is 1. The zero-order valence-electron chi connectivity index (χ0n) is 11.6. The molecule has 0 saturated carbocycles. The summed E-state index contributed by atoms with van der Waals surface area (Å²) in [7, 11) is 0. The first-order chi connectivity index (χ1) is 9.56. The summed E-state index contributed by atoms with van der Waals surface area (Å²) in [6.07, 6.45) is 1.21. The summed E-state index contributed by atoms with van der Waals surface area (Å²) in [5.41, 5.74) is 2.06. The van der Waals surface area contributed by atoms with Gasteiger partial charge in [0.2, 0.25) is 5.91 Å². The van der Waals surface area contributed by atoms with E-state index in [-0.39, 0.29) is 0 Å². The number of hydrogen-bond acceptors (Lipinski definition) is 3. The van der Waals surface area contributed by atoms with Gasteiger partial charge in [0.1, 0.15) is 0 Å². The van der Waals surface area contributed by atoms with Gasteiger partial charge < -0.3 is 14.9 Å². The third kappa shape index (κ3) is 2.44. The van der Waals surface area contributed by atoms with Crippen molar-refractivity contribution >= 4 is 27.5 Å². The van der Waals surface area contributed by atoms with E-state index in [4.69, 9.17) is 0 Å². The normalized spacial score (nSPS) is 23.9. The summed E-state index contributed by atoms with van der Waals surface area (Å²) in [5, 5.41) is 9.62. The van der Waals surface area contributed by atoms with Crippen molar-refractivity contribution in [3.63, 3.8) is 0 Å². The minimum atomic E-state index is -0.454. The molecule has 1 N–H and O–H groups in total. The van der Waals surface area contributed by atoms with E-state index in [2.05, 4.69) is 26.9 Å². The summed E-state index contributed by atoms with van der Waals surface area (Å²) in [5.74, 6) is 0.304. The Balaban J connectivity index is 1.79. The fourth-order valence-electron chi connectivity index (χ4n) is 3.12. The molecule has 2 aliphatic heterocycles. The predicted molar refractivity (Wildman–Crippen MR) is 81.7 cm³/mol. The van der Waals surface area contributed by atoms with E-state index in [1.807, 2.05) is 17.0 Å². The van der Waals surface area contributed by atoms with Crippen molar-refractivity contribution in [3.8, 4) is 0 Å². The fraction of sp³-hybridized carbons (Fsp3) is 0.533. The Morgan fingerprint density at radius 3 is 2.90 bits per heavy atom. The number of benzene rings is 1. The lowest BCUT2D eigenvalue weighted by atomic mass is 10.1. The van der Waals surface area contributed by atoms with Gasteiger partial charge in [-0.05, 0) is 47.0 Å². The Bertz CT molecular complexity index is 533. The molecule has 2 unspecified atom stereocenters. The van der Waals surface area contributed by atoms with Gasteiger partial charge in [0.15, 0.2) is 0 Å². The molecule has 2 atom stereocenters. The average Bonchev–Trinajstić information content (AvgIpc) is 2.79. The highest BCUT2D eigenvalue weighted by Crippen LogP contribution is 2.32. The van der Waals surface area contributed by atoms with Crippen LogP contribution in [0.5, 0.6) is 0 Å². The molecule has 0 aliphatic carbocycles. The van der Waals surface area contributed by atoms with Gasteiger partial charge >= 0.3 is 0 Å². The fourth-order valence-corrected chi connectivity index (χ4v) is 3.77. The molecule has 1 aromatic rings. The molecule has 0 spiro atoms. The van der Waals surface area contributed by atoms with E-state index in [9.17, 15) is 9.90 Å². The first-order valence-electron chi connectivity index (χ1n) is 7.08. The molecule has 4 nitrogen and oxygen atoms in total. The molecule has 20 heavy (non-hydrogen) atoms. The van der Waals surface area contributed by atoms with Crippen LogP contribution in [0.3, 0.4) is 0 Å². The molecule has 5 heteroatoms. The molecular formula is C15H19BrN2O2. The van der Waals surface area contributed by atoms with Crippen molar-refractivity contribution in [2.45, 2.75) is 31.9 Å². The molecule has 108 valence electrons. The maximum absolute atomic E-state index is 11.7. The minimum Gasteiger partial charge on any atom is -0.389 e.